The highest BCUT2D eigenvalue weighted by molar-refractivity contribution is 5.56. The van der Waals surface area contributed by atoms with Crippen molar-refractivity contribution in [3.05, 3.63) is 46.0 Å². The van der Waals surface area contributed by atoms with Gasteiger partial charge in [-0.05, 0) is 11.5 Å². The van der Waals surface area contributed by atoms with Gasteiger partial charge in [-0.3, -0.25) is 10.1 Å². The summed E-state index contributed by atoms with van der Waals surface area (Å²) in [4.78, 5) is 21.4. The summed E-state index contributed by atoms with van der Waals surface area (Å²) in [5.74, 6) is -0.396. The summed E-state index contributed by atoms with van der Waals surface area (Å²) in [7, 11) is 0. The fourth-order valence-electron chi connectivity index (χ4n) is 1.90. The van der Waals surface area contributed by atoms with Crippen LogP contribution in [0.2, 0.25) is 0 Å². The van der Waals surface area contributed by atoms with E-state index in [1.54, 1.807) is 0 Å². The summed E-state index contributed by atoms with van der Waals surface area (Å²) < 4.78 is 5.53. The number of hydrogen-bond donors (Lipinski definition) is 0. The second kappa shape index (κ2) is 7.63. The molecule has 19 heavy (non-hydrogen) atoms. The van der Waals surface area contributed by atoms with Crippen molar-refractivity contribution in [2.75, 3.05) is 6.54 Å². The molecule has 0 spiro atoms. The average molecular weight is 265 g/mol. The number of nitrogens with zero attached hydrogens (tertiary/aromatic N) is 1. The summed E-state index contributed by atoms with van der Waals surface area (Å²) >= 11 is 0. The van der Waals surface area contributed by atoms with Crippen molar-refractivity contribution >= 4 is 6.29 Å². The standard InChI is InChI=1S/C14H19NO4/c1-11(2)13(8-15(17)18)14(9-16)19-10-12-6-4-3-5-7-12/h3-7,9,11,13-14H,8,10H2,1-2H3/t13-,14+/m1/s1. The molecule has 1 rings (SSSR count). The first-order chi connectivity index (χ1) is 9.04. The van der Waals surface area contributed by atoms with Crippen LogP contribution >= 0.6 is 0 Å². The Bertz CT molecular complexity index is 405. The highest BCUT2D eigenvalue weighted by Gasteiger charge is 2.29. The zero-order valence-electron chi connectivity index (χ0n) is 11.2. The summed E-state index contributed by atoms with van der Waals surface area (Å²) in [6.07, 6.45) is -0.0810. The Morgan fingerprint density at radius 1 is 1.32 bits per heavy atom. The normalized spacial score (nSPS) is 14.1. The molecule has 0 heterocycles. The molecule has 0 unspecified atom stereocenters. The van der Waals surface area contributed by atoms with Crippen LogP contribution in [0.25, 0.3) is 0 Å². The van der Waals surface area contributed by atoms with Crippen LogP contribution in [0.5, 0.6) is 0 Å². The van der Waals surface area contributed by atoms with Crippen LogP contribution in [0.1, 0.15) is 19.4 Å². The van der Waals surface area contributed by atoms with Crippen LogP contribution < -0.4 is 0 Å². The smallest absolute Gasteiger partial charge is 0.209 e. The Morgan fingerprint density at radius 2 is 1.95 bits per heavy atom. The Balaban J connectivity index is 2.64. The van der Waals surface area contributed by atoms with Crippen molar-refractivity contribution in [2.45, 2.75) is 26.6 Å². The van der Waals surface area contributed by atoms with Gasteiger partial charge in [-0.2, -0.15) is 0 Å². The Labute approximate surface area is 112 Å². The third kappa shape index (κ3) is 5.18. The molecule has 2 atom stereocenters. The van der Waals surface area contributed by atoms with Gasteiger partial charge in [0.15, 0.2) is 0 Å². The molecule has 104 valence electrons. The van der Waals surface area contributed by atoms with Crippen LogP contribution in [-0.2, 0) is 16.1 Å². The topological polar surface area (TPSA) is 69.4 Å². The lowest BCUT2D eigenvalue weighted by molar-refractivity contribution is -0.491. The molecule has 0 saturated heterocycles. The lowest BCUT2D eigenvalue weighted by atomic mass is 9.91. The second-order valence-electron chi connectivity index (χ2n) is 4.82. The molecule has 1 aromatic rings. The second-order valence-corrected chi connectivity index (χ2v) is 4.82. The highest BCUT2D eigenvalue weighted by Crippen LogP contribution is 2.18. The predicted octanol–water partition coefficient (Wildman–Crippen LogP) is 2.32. The molecule has 0 amide bonds. The molecule has 0 aliphatic rings. The van der Waals surface area contributed by atoms with Crippen molar-refractivity contribution in [3.8, 4) is 0 Å². The Kier molecular flexibility index (Phi) is 6.15. The van der Waals surface area contributed by atoms with Gasteiger partial charge in [0, 0.05) is 4.92 Å². The van der Waals surface area contributed by atoms with Crippen molar-refractivity contribution in [1.82, 2.24) is 0 Å². The SMILES string of the molecule is CC(C)[C@@H](C[N+](=O)[O-])[C@H](C=O)OCc1ccccc1. The van der Waals surface area contributed by atoms with Gasteiger partial charge in [0.05, 0.1) is 12.5 Å². The third-order valence-electron chi connectivity index (χ3n) is 3.06. The highest BCUT2D eigenvalue weighted by atomic mass is 16.6. The average Bonchev–Trinajstić information content (AvgIpc) is 2.38. The molecule has 0 aliphatic heterocycles. The van der Waals surface area contributed by atoms with Crippen LogP contribution in [0, 0.1) is 22.0 Å². The summed E-state index contributed by atoms with van der Waals surface area (Å²) in [6, 6.07) is 9.43. The maximum Gasteiger partial charge on any atom is 0.209 e. The lowest BCUT2D eigenvalue weighted by Crippen LogP contribution is -2.34. The minimum atomic E-state index is -0.745. The first-order valence-corrected chi connectivity index (χ1v) is 6.27. The van der Waals surface area contributed by atoms with Crippen molar-refractivity contribution in [1.29, 1.82) is 0 Å². The van der Waals surface area contributed by atoms with E-state index >= 15 is 0 Å². The zero-order valence-corrected chi connectivity index (χ0v) is 11.2. The number of ether oxygens (including phenoxy) is 1. The van der Waals surface area contributed by atoms with Gasteiger partial charge in [-0.25, -0.2) is 0 Å². The van der Waals surface area contributed by atoms with Crippen LogP contribution in [-0.4, -0.2) is 23.9 Å². The van der Waals surface area contributed by atoms with Crippen LogP contribution in [0.4, 0.5) is 0 Å². The minimum absolute atomic E-state index is 0.0105. The molecule has 0 fully saturated rings. The maximum atomic E-state index is 11.1. The number of nitro groups is 1. The summed E-state index contributed by atoms with van der Waals surface area (Å²) in [5.41, 5.74) is 0.943. The third-order valence-corrected chi connectivity index (χ3v) is 3.06. The molecular formula is C14H19NO4. The van der Waals surface area contributed by atoms with E-state index < -0.39 is 16.9 Å². The molecule has 0 radical (unpaired) electrons. The minimum Gasteiger partial charge on any atom is -0.366 e. The molecule has 0 saturated carbocycles. The van der Waals surface area contributed by atoms with Gasteiger partial charge in [-0.1, -0.05) is 44.2 Å². The molecule has 5 heteroatoms. The number of hydrogen-bond acceptors (Lipinski definition) is 4. The molecule has 0 aliphatic carbocycles. The van der Waals surface area contributed by atoms with Gasteiger partial charge in [0.1, 0.15) is 12.4 Å². The van der Waals surface area contributed by atoms with E-state index in [4.69, 9.17) is 4.74 Å². The van der Waals surface area contributed by atoms with E-state index in [2.05, 4.69) is 0 Å². The number of aldehydes is 1. The predicted molar refractivity (Wildman–Crippen MR) is 71.3 cm³/mol. The number of carbonyl (C=O) groups excluding carboxylic acids is 1. The van der Waals surface area contributed by atoms with E-state index in [-0.39, 0.29) is 19.1 Å². The molecule has 0 bridgehead atoms. The molecule has 0 aromatic heterocycles. The maximum absolute atomic E-state index is 11.1. The Morgan fingerprint density at radius 3 is 2.42 bits per heavy atom. The van der Waals surface area contributed by atoms with Crippen molar-refractivity contribution in [3.63, 3.8) is 0 Å². The quantitative estimate of drug-likeness (QED) is 0.411. The molecule has 0 N–H and O–H groups in total. The number of rotatable bonds is 8. The van der Waals surface area contributed by atoms with E-state index in [0.29, 0.717) is 6.29 Å². The van der Waals surface area contributed by atoms with Gasteiger partial charge in [0.2, 0.25) is 6.54 Å². The van der Waals surface area contributed by atoms with Crippen LogP contribution in [0.15, 0.2) is 30.3 Å². The van der Waals surface area contributed by atoms with Gasteiger partial charge in [0.25, 0.3) is 0 Å². The molecule has 5 nitrogen and oxygen atoms in total. The van der Waals surface area contributed by atoms with Gasteiger partial charge in [-0.15, -0.1) is 0 Å². The molecular weight excluding hydrogens is 246 g/mol. The van der Waals surface area contributed by atoms with E-state index in [9.17, 15) is 14.9 Å². The van der Waals surface area contributed by atoms with E-state index in [1.165, 1.54) is 0 Å². The Hall–Kier alpha value is -1.75. The number of benzene rings is 1. The first-order valence-electron chi connectivity index (χ1n) is 6.27. The zero-order chi connectivity index (χ0) is 14.3. The van der Waals surface area contributed by atoms with Gasteiger partial charge >= 0.3 is 0 Å². The fourth-order valence-corrected chi connectivity index (χ4v) is 1.90. The van der Waals surface area contributed by atoms with E-state index in [0.717, 1.165) is 5.56 Å². The van der Waals surface area contributed by atoms with Crippen molar-refractivity contribution < 1.29 is 14.5 Å². The molecule has 1 aromatic carbocycles. The first kappa shape index (κ1) is 15.3. The lowest BCUT2D eigenvalue weighted by Gasteiger charge is -2.23. The number of carbonyl (C=O) groups is 1. The van der Waals surface area contributed by atoms with Crippen molar-refractivity contribution in [2.24, 2.45) is 11.8 Å². The van der Waals surface area contributed by atoms with Gasteiger partial charge < -0.3 is 9.53 Å². The summed E-state index contributed by atoms with van der Waals surface area (Å²) in [6.45, 7) is 3.74. The van der Waals surface area contributed by atoms with Crippen LogP contribution in [0.3, 0.4) is 0 Å². The largest absolute Gasteiger partial charge is 0.366 e. The summed E-state index contributed by atoms with van der Waals surface area (Å²) in [5, 5.41) is 10.6. The fraction of sp³-hybridized carbons (Fsp3) is 0.500. The van der Waals surface area contributed by atoms with E-state index in [1.807, 2.05) is 44.2 Å². The monoisotopic (exact) mass is 265 g/mol.